The molecule has 1 N–H and O–H groups in total. The first-order valence-electron chi connectivity index (χ1n) is 6.95. The van der Waals surface area contributed by atoms with Gasteiger partial charge in [-0.2, -0.15) is 0 Å². The van der Waals surface area contributed by atoms with Crippen LogP contribution >= 0.6 is 0 Å². The summed E-state index contributed by atoms with van der Waals surface area (Å²) < 4.78 is 5.47. The van der Waals surface area contributed by atoms with E-state index in [2.05, 4.69) is 22.9 Å². The number of hydrogen-bond acceptors (Lipinski definition) is 4. The van der Waals surface area contributed by atoms with Gasteiger partial charge >= 0.3 is 0 Å². The van der Waals surface area contributed by atoms with Crippen LogP contribution in [0, 0.1) is 0 Å². The molecule has 4 nitrogen and oxygen atoms in total. The molecule has 4 heteroatoms. The number of nitrogens with zero attached hydrogens (tertiary/aromatic N) is 2. The molecule has 106 valence electrons. The molecule has 1 saturated heterocycles. The van der Waals surface area contributed by atoms with Gasteiger partial charge in [-0.05, 0) is 38.6 Å². The Balaban J connectivity index is 2.27. The van der Waals surface area contributed by atoms with Crippen LogP contribution in [0.4, 0.5) is 5.69 Å². The van der Waals surface area contributed by atoms with Gasteiger partial charge in [0, 0.05) is 25.7 Å². The largest absolute Gasteiger partial charge is 0.495 e. The van der Waals surface area contributed by atoms with Crippen LogP contribution in [0.2, 0.25) is 0 Å². The summed E-state index contributed by atoms with van der Waals surface area (Å²) in [6.45, 7) is 3.33. The molecule has 0 aliphatic carbocycles. The Morgan fingerprint density at radius 2 is 2.11 bits per heavy atom. The normalized spacial score (nSPS) is 21.2. The van der Waals surface area contributed by atoms with Gasteiger partial charge in [0.15, 0.2) is 0 Å². The van der Waals surface area contributed by atoms with Crippen molar-refractivity contribution in [1.29, 1.82) is 0 Å². The van der Waals surface area contributed by atoms with Crippen molar-refractivity contribution in [1.82, 2.24) is 4.90 Å². The second-order valence-electron chi connectivity index (χ2n) is 5.15. The van der Waals surface area contributed by atoms with Gasteiger partial charge in [0.2, 0.25) is 0 Å². The fraction of sp³-hybridized carbons (Fsp3) is 0.600. The van der Waals surface area contributed by atoms with Crippen LogP contribution < -0.4 is 9.64 Å². The van der Waals surface area contributed by atoms with E-state index in [1.165, 1.54) is 0 Å². The van der Waals surface area contributed by atoms with E-state index in [-0.39, 0.29) is 6.61 Å². The highest BCUT2D eigenvalue weighted by atomic mass is 16.5. The molecule has 1 aromatic carbocycles. The standard InChI is InChI=1S/C15H24N2O2/c1-16-9-5-10-17(13(12-16)8-11-18)14-6-3-4-7-15(14)19-2/h3-4,6-7,13,18H,5,8-12H2,1-2H3. The second-order valence-corrected chi connectivity index (χ2v) is 5.15. The zero-order valence-corrected chi connectivity index (χ0v) is 11.9. The zero-order chi connectivity index (χ0) is 13.7. The van der Waals surface area contributed by atoms with Crippen molar-refractivity contribution in [2.75, 3.05) is 45.3 Å². The zero-order valence-electron chi connectivity index (χ0n) is 11.9. The lowest BCUT2D eigenvalue weighted by molar-refractivity contribution is 0.253. The van der Waals surface area contributed by atoms with Crippen LogP contribution in [0.5, 0.6) is 5.75 Å². The van der Waals surface area contributed by atoms with E-state index in [1.807, 2.05) is 18.2 Å². The summed E-state index contributed by atoms with van der Waals surface area (Å²) in [5.41, 5.74) is 1.14. The molecule has 1 heterocycles. The molecule has 0 amide bonds. The molecule has 2 rings (SSSR count). The number of aliphatic hydroxyl groups is 1. The number of benzene rings is 1. The van der Waals surface area contributed by atoms with Crippen LogP contribution in [0.1, 0.15) is 12.8 Å². The molecular formula is C15H24N2O2. The molecular weight excluding hydrogens is 240 g/mol. The Hall–Kier alpha value is -1.26. The van der Waals surface area contributed by atoms with E-state index in [9.17, 15) is 5.11 Å². The van der Waals surface area contributed by atoms with Crippen molar-refractivity contribution in [3.8, 4) is 5.75 Å². The predicted molar refractivity (Wildman–Crippen MR) is 77.9 cm³/mol. The summed E-state index contributed by atoms with van der Waals surface area (Å²) in [5.74, 6) is 0.912. The van der Waals surface area contributed by atoms with Gasteiger partial charge in [-0.1, -0.05) is 12.1 Å². The smallest absolute Gasteiger partial charge is 0.142 e. The molecule has 0 spiro atoms. The molecule has 0 bridgehead atoms. The minimum atomic E-state index is 0.226. The predicted octanol–water partition coefficient (Wildman–Crippen LogP) is 1.59. The van der Waals surface area contributed by atoms with Crippen LogP contribution in [0.15, 0.2) is 24.3 Å². The molecule has 1 fully saturated rings. The topological polar surface area (TPSA) is 35.9 Å². The minimum absolute atomic E-state index is 0.226. The second kappa shape index (κ2) is 6.78. The van der Waals surface area contributed by atoms with Gasteiger partial charge in [-0.3, -0.25) is 0 Å². The number of hydrogen-bond donors (Lipinski definition) is 1. The van der Waals surface area contributed by atoms with Crippen molar-refractivity contribution >= 4 is 5.69 Å². The van der Waals surface area contributed by atoms with Crippen LogP contribution in [-0.4, -0.2) is 56.4 Å². The van der Waals surface area contributed by atoms with Crippen molar-refractivity contribution in [2.45, 2.75) is 18.9 Å². The summed E-state index contributed by atoms with van der Waals surface area (Å²) in [6.07, 6.45) is 1.93. The van der Waals surface area contributed by atoms with Gasteiger partial charge < -0.3 is 19.6 Å². The van der Waals surface area contributed by atoms with Gasteiger partial charge in [0.1, 0.15) is 5.75 Å². The third-order valence-corrected chi connectivity index (χ3v) is 3.76. The van der Waals surface area contributed by atoms with E-state index in [0.717, 1.165) is 43.9 Å². The number of ether oxygens (including phenoxy) is 1. The Kier molecular flexibility index (Phi) is 5.05. The van der Waals surface area contributed by atoms with Crippen molar-refractivity contribution < 1.29 is 9.84 Å². The molecule has 1 unspecified atom stereocenters. The van der Waals surface area contributed by atoms with Crippen molar-refractivity contribution in [2.24, 2.45) is 0 Å². The summed E-state index contributed by atoms with van der Waals surface area (Å²) in [7, 11) is 3.86. The molecule has 1 aliphatic heterocycles. The lowest BCUT2D eigenvalue weighted by atomic mass is 10.1. The maximum Gasteiger partial charge on any atom is 0.142 e. The third kappa shape index (κ3) is 3.39. The highest BCUT2D eigenvalue weighted by Crippen LogP contribution is 2.31. The molecule has 1 aromatic rings. The molecule has 1 aliphatic rings. The molecule has 19 heavy (non-hydrogen) atoms. The Morgan fingerprint density at radius 3 is 2.84 bits per heavy atom. The van der Waals surface area contributed by atoms with Gasteiger partial charge in [0.25, 0.3) is 0 Å². The SMILES string of the molecule is COc1ccccc1N1CCCN(C)CC1CCO. The molecule has 0 aromatic heterocycles. The summed E-state index contributed by atoms with van der Waals surface area (Å²) in [6, 6.07) is 8.48. The highest BCUT2D eigenvalue weighted by molar-refractivity contribution is 5.59. The summed E-state index contributed by atoms with van der Waals surface area (Å²) in [5, 5.41) is 9.31. The fourth-order valence-corrected chi connectivity index (χ4v) is 2.82. The Labute approximate surface area is 115 Å². The number of anilines is 1. The molecule has 0 saturated carbocycles. The number of aliphatic hydroxyl groups excluding tert-OH is 1. The van der Waals surface area contributed by atoms with E-state index < -0.39 is 0 Å². The van der Waals surface area contributed by atoms with Crippen LogP contribution in [0.25, 0.3) is 0 Å². The number of rotatable bonds is 4. The van der Waals surface area contributed by atoms with Gasteiger partial charge in [-0.25, -0.2) is 0 Å². The average molecular weight is 264 g/mol. The van der Waals surface area contributed by atoms with Crippen LogP contribution in [0.3, 0.4) is 0 Å². The van der Waals surface area contributed by atoms with E-state index in [0.29, 0.717) is 6.04 Å². The maximum atomic E-state index is 9.31. The molecule has 1 atom stereocenters. The Bertz CT molecular complexity index is 397. The average Bonchev–Trinajstić information content (AvgIpc) is 2.60. The summed E-state index contributed by atoms with van der Waals surface area (Å²) in [4.78, 5) is 4.73. The van der Waals surface area contributed by atoms with Crippen molar-refractivity contribution in [3.05, 3.63) is 24.3 Å². The van der Waals surface area contributed by atoms with E-state index in [4.69, 9.17) is 4.74 Å². The van der Waals surface area contributed by atoms with E-state index in [1.54, 1.807) is 7.11 Å². The number of para-hydroxylation sites is 2. The van der Waals surface area contributed by atoms with Crippen molar-refractivity contribution in [3.63, 3.8) is 0 Å². The Morgan fingerprint density at radius 1 is 1.32 bits per heavy atom. The third-order valence-electron chi connectivity index (χ3n) is 3.76. The minimum Gasteiger partial charge on any atom is -0.495 e. The first kappa shape index (κ1) is 14.2. The van der Waals surface area contributed by atoms with Crippen LogP contribution in [-0.2, 0) is 0 Å². The first-order valence-corrected chi connectivity index (χ1v) is 6.95. The fourth-order valence-electron chi connectivity index (χ4n) is 2.82. The number of likely N-dealkylation sites (N-methyl/N-ethyl adjacent to an activating group) is 1. The lowest BCUT2D eigenvalue weighted by Gasteiger charge is -2.33. The molecule has 0 radical (unpaired) electrons. The quantitative estimate of drug-likeness (QED) is 0.896. The van der Waals surface area contributed by atoms with E-state index >= 15 is 0 Å². The lowest BCUT2D eigenvalue weighted by Crippen LogP contribution is -2.41. The monoisotopic (exact) mass is 264 g/mol. The first-order chi connectivity index (χ1) is 9.26. The van der Waals surface area contributed by atoms with Gasteiger partial charge in [-0.15, -0.1) is 0 Å². The summed E-state index contributed by atoms with van der Waals surface area (Å²) >= 11 is 0. The highest BCUT2D eigenvalue weighted by Gasteiger charge is 2.24. The maximum absolute atomic E-state index is 9.31. The number of methoxy groups -OCH3 is 1. The van der Waals surface area contributed by atoms with Gasteiger partial charge in [0.05, 0.1) is 12.8 Å².